The number of nitrogens with one attached hydrogen (secondary N) is 1. The molecule has 1 fully saturated rings. The highest BCUT2D eigenvalue weighted by Crippen LogP contribution is 2.38. The maximum absolute atomic E-state index is 12.5. The SMILES string of the molecule is NCC1(CC(=O)NCc2nccn2CCc2ccccc2)CCCCC1. The fourth-order valence-corrected chi connectivity index (χ4v) is 3.94. The first kappa shape index (κ1) is 18.6. The predicted molar refractivity (Wildman–Crippen MR) is 103 cm³/mol. The molecule has 26 heavy (non-hydrogen) atoms. The lowest BCUT2D eigenvalue weighted by molar-refractivity contribution is -0.124. The maximum atomic E-state index is 12.5. The van der Waals surface area contributed by atoms with Crippen LogP contribution in [0.15, 0.2) is 42.7 Å². The molecule has 5 nitrogen and oxygen atoms in total. The third kappa shape index (κ3) is 4.94. The van der Waals surface area contributed by atoms with Crippen LogP contribution in [0.5, 0.6) is 0 Å². The summed E-state index contributed by atoms with van der Waals surface area (Å²) in [6.45, 7) is 1.94. The fraction of sp³-hybridized carbons (Fsp3) is 0.524. The maximum Gasteiger partial charge on any atom is 0.220 e. The minimum Gasteiger partial charge on any atom is -0.349 e. The number of nitrogens with two attached hydrogens (primary N) is 1. The van der Waals surface area contributed by atoms with Crippen molar-refractivity contribution in [3.8, 4) is 0 Å². The molecular weight excluding hydrogens is 324 g/mol. The average molecular weight is 354 g/mol. The summed E-state index contributed by atoms with van der Waals surface area (Å²) in [7, 11) is 0. The van der Waals surface area contributed by atoms with Gasteiger partial charge in [-0.15, -0.1) is 0 Å². The zero-order valence-electron chi connectivity index (χ0n) is 15.5. The van der Waals surface area contributed by atoms with Crippen LogP contribution in [0.25, 0.3) is 0 Å². The summed E-state index contributed by atoms with van der Waals surface area (Å²) in [5.41, 5.74) is 7.31. The third-order valence-corrected chi connectivity index (χ3v) is 5.61. The molecular formula is C21H30N4O. The molecule has 1 aromatic carbocycles. The van der Waals surface area contributed by atoms with Crippen molar-refractivity contribution >= 4 is 5.91 Å². The Balaban J connectivity index is 1.50. The van der Waals surface area contributed by atoms with Crippen molar-refractivity contribution in [3.63, 3.8) is 0 Å². The molecule has 1 aliphatic rings. The van der Waals surface area contributed by atoms with Gasteiger partial charge in [0.15, 0.2) is 0 Å². The Morgan fingerprint density at radius 1 is 1.19 bits per heavy atom. The van der Waals surface area contributed by atoms with Gasteiger partial charge in [-0.25, -0.2) is 4.98 Å². The van der Waals surface area contributed by atoms with Crippen LogP contribution in [0.1, 0.15) is 49.9 Å². The molecule has 2 aromatic rings. The third-order valence-electron chi connectivity index (χ3n) is 5.61. The molecule has 1 aliphatic carbocycles. The van der Waals surface area contributed by atoms with Gasteiger partial charge in [-0.05, 0) is 36.8 Å². The van der Waals surface area contributed by atoms with E-state index in [2.05, 4.69) is 39.1 Å². The van der Waals surface area contributed by atoms with E-state index >= 15 is 0 Å². The van der Waals surface area contributed by atoms with Gasteiger partial charge >= 0.3 is 0 Å². The molecule has 0 aliphatic heterocycles. The predicted octanol–water partition coefficient (Wildman–Crippen LogP) is 3.04. The summed E-state index contributed by atoms with van der Waals surface area (Å²) < 4.78 is 2.12. The van der Waals surface area contributed by atoms with Gasteiger partial charge in [0.2, 0.25) is 5.91 Å². The van der Waals surface area contributed by atoms with E-state index in [9.17, 15) is 4.79 Å². The number of carbonyl (C=O) groups is 1. The van der Waals surface area contributed by atoms with E-state index in [0.717, 1.165) is 31.6 Å². The monoisotopic (exact) mass is 354 g/mol. The first-order valence-corrected chi connectivity index (χ1v) is 9.71. The topological polar surface area (TPSA) is 72.9 Å². The standard InChI is InChI=1S/C21H30N4O/c22-17-21(10-5-2-6-11-21)15-20(26)24-16-19-23-12-14-25(19)13-9-18-7-3-1-4-8-18/h1,3-4,7-8,12,14H,2,5-6,9-11,13,15-17,22H2,(H,24,26). The lowest BCUT2D eigenvalue weighted by Gasteiger charge is -2.35. The average Bonchev–Trinajstić information content (AvgIpc) is 3.14. The molecule has 0 unspecified atom stereocenters. The highest BCUT2D eigenvalue weighted by molar-refractivity contribution is 5.76. The molecule has 0 spiro atoms. The van der Waals surface area contributed by atoms with Crippen molar-refractivity contribution in [3.05, 3.63) is 54.1 Å². The number of benzene rings is 1. The van der Waals surface area contributed by atoms with Gasteiger partial charge in [0.1, 0.15) is 5.82 Å². The van der Waals surface area contributed by atoms with E-state index in [-0.39, 0.29) is 11.3 Å². The van der Waals surface area contributed by atoms with Crippen LogP contribution >= 0.6 is 0 Å². The van der Waals surface area contributed by atoms with Gasteiger partial charge in [0, 0.05) is 25.4 Å². The second-order valence-corrected chi connectivity index (χ2v) is 7.49. The summed E-state index contributed by atoms with van der Waals surface area (Å²) in [5.74, 6) is 0.995. The van der Waals surface area contributed by atoms with Crippen LogP contribution in [-0.2, 0) is 24.3 Å². The second kappa shape index (κ2) is 8.99. The van der Waals surface area contributed by atoms with Gasteiger partial charge in [-0.3, -0.25) is 4.79 Å². The second-order valence-electron chi connectivity index (χ2n) is 7.49. The molecule has 1 amide bonds. The van der Waals surface area contributed by atoms with Gasteiger partial charge in [-0.2, -0.15) is 0 Å². The van der Waals surface area contributed by atoms with Gasteiger partial charge in [0.05, 0.1) is 6.54 Å². The Kier molecular flexibility index (Phi) is 6.45. The van der Waals surface area contributed by atoms with E-state index < -0.39 is 0 Å². The number of hydrogen-bond acceptors (Lipinski definition) is 3. The van der Waals surface area contributed by atoms with Crippen molar-refractivity contribution in [2.75, 3.05) is 6.54 Å². The Morgan fingerprint density at radius 2 is 1.96 bits per heavy atom. The summed E-state index contributed by atoms with van der Waals surface area (Å²) in [6, 6.07) is 10.4. The van der Waals surface area contributed by atoms with Gasteiger partial charge in [-0.1, -0.05) is 49.6 Å². The molecule has 1 saturated carbocycles. The smallest absolute Gasteiger partial charge is 0.220 e. The van der Waals surface area contributed by atoms with Crippen LogP contribution in [-0.4, -0.2) is 22.0 Å². The summed E-state index contributed by atoms with van der Waals surface area (Å²) in [4.78, 5) is 16.9. The molecule has 3 N–H and O–H groups in total. The molecule has 0 saturated heterocycles. The van der Waals surface area contributed by atoms with Gasteiger partial charge < -0.3 is 15.6 Å². The van der Waals surface area contributed by atoms with Crippen LogP contribution in [0.4, 0.5) is 0 Å². The van der Waals surface area contributed by atoms with Crippen molar-refractivity contribution in [2.24, 2.45) is 11.1 Å². The number of amides is 1. The van der Waals surface area contributed by atoms with Crippen LogP contribution in [0, 0.1) is 5.41 Å². The van der Waals surface area contributed by atoms with E-state index in [1.54, 1.807) is 6.20 Å². The highest BCUT2D eigenvalue weighted by atomic mass is 16.1. The Labute approximate surface area is 156 Å². The normalized spacial score (nSPS) is 16.3. The molecule has 140 valence electrons. The largest absolute Gasteiger partial charge is 0.349 e. The molecule has 0 atom stereocenters. The van der Waals surface area contributed by atoms with Crippen molar-refractivity contribution in [2.45, 2.75) is 58.0 Å². The fourth-order valence-electron chi connectivity index (χ4n) is 3.94. The summed E-state index contributed by atoms with van der Waals surface area (Å²) >= 11 is 0. The van der Waals surface area contributed by atoms with Crippen molar-refractivity contribution < 1.29 is 4.79 Å². The lowest BCUT2D eigenvalue weighted by Crippen LogP contribution is -2.38. The molecule has 1 heterocycles. The van der Waals surface area contributed by atoms with Crippen LogP contribution in [0.3, 0.4) is 0 Å². The minimum atomic E-state index is 0.00503. The Morgan fingerprint density at radius 3 is 2.69 bits per heavy atom. The Hall–Kier alpha value is -2.14. The Bertz CT molecular complexity index is 689. The van der Waals surface area contributed by atoms with Crippen LogP contribution < -0.4 is 11.1 Å². The number of rotatable bonds is 8. The van der Waals surface area contributed by atoms with E-state index in [1.807, 2.05) is 12.3 Å². The highest BCUT2D eigenvalue weighted by Gasteiger charge is 2.32. The van der Waals surface area contributed by atoms with E-state index in [0.29, 0.717) is 19.5 Å². The first-order chi connectivity index (χ1) is 12.7. The zero-order chi connectivity index (χ0) is 18.2. The van der Waals surface area contributed by atoms with Gasteiger partial charge in [0.25, 0.3) is 0 Å². The molecule has 1 aromatic heterocycles. The van der Waals surface area contributed by atoms with E-state index in [1.165, 1.54) is 24.8 Å². The number of aromatic nitrogens is 2. The number of imidazole rings is 1. The minimum absolute atomic E-state index is 0.00503. The zero-order valence-corrected chi connectivity index (χ0v) is 15.5. The number of aryl methyl sites for hydroxylation is 2. The molecule has 0 radical (unpaired) electrons. The quantitative estimate of drug-likeness (QED) is 0.765. The lowest BCUT2D eigenvalue weighted by atomic mass is 9.71. The van der Waals surface area contributed by atoms with Crippen molar-refractivity contribution in [1.29, 1.82) is 0 Å². The number of hydrogen-bond donors (Lipinski definition) is 2. The summed E-state index contributed by atoms with van der Waals surface area (Å²) in [6.07, 6.45) is 11.1. The summed E-state index contributed by atoms with van der Waals surface area (Å²) in [5, 5.41) is 3.05. The van der Waals surface area contributed by atoms with Crippen molar-refractivity contribution in [1.82, 2.24) is 14.9 Å². The van der Waals surface area contributed by atoms with E-state index in [4.69, 9.17) is 5.73 Å². The molecule has 0 bridgehead atoms. The molecule has 5 heteroatoms. The number of nitrogens with zero attached hydrogens (tertiary/aromatic N) is 2. The molecule has 3 rings (SSSR count). The first-order valence-electron chi connectivity index (χ1n) is 9.71. The van der Waals surface area contributed by atoms with Crippen LogP contribution in [0.2, 0.25) is 0 Å². The number of carbonyl (C=O) groups excluding carboxylic acids is 1.